The quantitative estimate of drug-likeness (QED) is 0.598. The highest BCUT2D eigenvalue weighted by atomic mass is 16.6. The van der Waals surface area contributed by atoms with Gasteiger partial charge in [-0.15, -0.1) is 0 Å². The van der Waals surface area contributed by atoms with Crippen molar-refractivity contribution in [1.82, 2.24) is 0 Å². The van der Waals surface area contributed by atoms with Crippen LogP contribution in [-0.2, 0) is 11.3 Å². The van der Waals surface area contributed by atoms with E-state index in [9.17, 15) is 15.2 Å². The molecule has 2 aromatic rings. The Labute approximate surface area is 134 Å². The van der Waals surface area contributed by atoms with Gasteiger partial charge in [-0.3, -0.25) is 10.1 Å². The number of nitro benzene ring substituents is 1. The number of nitrogens with zero attached hydrogens (tertiary/aromatic N) is 1. The summed E-state index contributed by atoms with van der Waals surface area (Å²) >= 11 is 0. The number of ether oxygens (including phenoxy) is 2. The van der Waals surface area contributed by atoms with E-state index in [1.807, 2.05) is 30.3 Å². The van der Waals surface area contributed by atoms with E-state index in [2.05, 4.69) is 0 Å². The van der Waals surface area contributed by atoms with Crippen molar-refractivity contribution in [2.45, 2.75) is 19.6 Å². The predicted octanol–water partition coefficient (Wildman–Crippen LogP) is 2.86. The van der Waals surface area contributed by atoms with Crippen LogP contribution < -0.4 is 4.74 Å². The zero-order valence-corrected chi connectivity index (χ0v) is 12.8. The van der Waals surface area contributed by atoms with Crippen molar-refractivity contribution in [2.75, 3.05) is 13.2 Å². The normalized spacial score (nSPS) is 11.9. The van der Waals surface area contributed by atoms with Crippen molar-refractivity contribution in [3.8, 4) is 5.75 Å². The minimum absolute atomic E-state index is 0.00248. The van der Waals surface area contributed by atoms with Gasteiger partial charge in [0.25, 0.3) is 5.69 Å². The van der Waals surface area contributed by atoms with Gasteiger partial charge in [-0.25, -0.2) is 0 Å². The lowest BCUT2D eigenvalue weighted by atomic mass is 10.2. The van der Waals surface area contributed by atoms with Crippen molar-refractivity contribution in [3.63, 3.8) is 0 Å². The standard InChI is InChI=1S/C17H19NO5/c1-13-7-8-16(9-17(13)18(20)21)23-12-15(19)11-22-10-14-5-3-2-4-6-14/h2-9,15,19H,10-12H2,1H3. The summed E-state index contributed by atoms with van der Waals surface area (Å²) in [4.78, 5) is 10.4. The molecule has 0 bridgehead atoms. The van der Waals surface area contributed by atoms with Gasteiger partial charge in [-0.1, -0.05) is 30.3 Å². The molecular weight excluding hydrogens is 298 g/mol. The summed E-state index contributed by atoms with van der Waals surface area (Å²) in [6.07, 6.45) is -0.806. The Morgan fingerprint density at radius 2 is 1.91 bits per heavy atom. The molecule has 0 radical (unpaired) electrons. The number of aliphatic hydroxyl groups excluding tert-OH is 1. The van der Waals surface area contributed by atoms with Crippen LogP contribution in [0.25, 0.3) is 0 Å². The summed E-state index contributed by atoms with van der Waals surface area (Å²) in [5.41, 5.74) is 1.58. The molecule has 0 aromatic heterocycles. The van der Waals surface area contributed by atoms with Crippen LogP contribution in [0.2, 0.25) is 0 Å². The maximum atomic E-state index is 10.9. The summed E-state index contributed by atoms with van der Waals surface area (Å²) < 4.78 is 10.8. The van der Waals surface area contributed by atoms with E-state index >= 15 is 0 Å². The molecule has 6 heteroatoms. The number of aliphatic hydroxyl groups is 1. The number of rotatable bonds is 8. The number of nitro groups is 1. The summed E-state index contributed by atoms with van der Waals surface area (Å²) in [6.45, 7) is 2.21. The first-order valence-electron chi connectivity index (χ1n) is 7.24. The lowest BCUT2D eigenvalue weighted by Crippen LogP contribution is -2.23. The smallest absolute Gasteiger partial charge is 0.276 e. The van der Waals surface area contributed by atoms with Gasteiger partial charge in [0.15, 0.2) is 0 Å². The summed E-state index contributed by atoms with van der Waals surface area (Å²) in [5.74, 6) is 0.351. The molecule has 0 amide bonds. The summed E-state index contributed by atoms with van der Waals surface area (Å²) in [7, 11) is 0. The molecule has 0 spiro atoms. The first kappa shape index (κ1) is 16.9. The van der Waals surface area contributed by atoms with Crippen molar-refractivity contribution in [2.24, 2.45) is 0 Å². The minimum Gasteiger partial charge on any atom is -0.491 e. The van der Waals surface area contributed by atoms with Crippen LogP contribution >= 0.6 is 0 Å². The topological polar surface area (TPSA) is 81.8 Å². The Balaban J connectivity index is 1.77. The Bertz CT molecular complexity index is 645. The van der Waals surface area contributed by atoms with Crippen molar-refractivity contribution in [1.29, 1.82) is 0 Å². The van der Waals surface area contributed by atoms with Crippen molar-refractivity contribution < 1.29 is 19.5 Å². The Morgan fingerprint density at radius 1 is 1.17 bits per heavy atom. The highest BCUT2D eigenvalue weighted by molar-refractivity contribution is 5.45. The molecule has 1 atom stereocenters. The zero-order chi connectivity index (χ0) is 16.7. The predicted molar refractivity (Wildman–Crippen MR) is 85.4 cm³/mol. The Hall–Kier alpha value is -2.44. The average molecular weight is 317 g/mol. The Morgan fingerprint density at radius 3 is 2.61 bits per heavy atom. The van der Waals surface area contributed by atoms with E-state index in [0.717, 1.165) is 5.56 Å². The molecule has 0 aliphatic heterocycles. The van der Waals surface area contributed by atoms with Crippen LogP contribution in [0.4, 0.5) is 5.69 Å². The molecule has 2 aromatic carbocycles. The highest BCUT2D eigenvalue weighted by Crippen LogP contribution is 2.23. The molecule has 0 saturated carbocycles. The monoisotopic (exact) mass is 317 g/mol. The van der Waals surface area contributed by atoms with E-state index < -0.39 is 11.0 Å². The van der Waals surface area contributed by atoms with E-state index in [1.54, 1.807) is 19.1 Å². The fourth-order valence-corrected chi connectivity index (χ4v) is 2.00. The molecule has 0 aliphatic rings. The first-order chi connectivity index (χ1) is 11.1. The molecule has 1 N–H and O–H groups in total. The largest absolute Gasteiger partial charge is 0.491 e. The molecule has 1 unspecified atom stereocenters. The SMILES string of the molecule is Cc1ccc(OCC(O)COCc2ccccc2)cc1[N+](=O)[O-]. The van der Waals surface area contributed by atoms with Crippen LogP contribution in [0.3, 0.4) is 0 Å². The fraction of sp³-hybridized carbons (Fsp3) is 0.294. The first-order valence-corrected chi connectivity index (χ1v) is 7.24. The van der Waals surface area contributed by atoms with Gasteiger partial charge >= 0.3 is 0 Å². The van der Waals surface area contributed by atoms with Gasteiger partial charge < -0.3 is 14.6 Å². The van der Waals surface area contributed by atoms with Gasteiger partial charge in [0.2, 0.25) is 0 Å². The van der Waals surface area contributed by atoms with Crippen LogP contribution in [0.1, 0.15) is 11.1 Å². The van der Waals surface area contributed by atoms with Crippen LogP contribution in [0.5, 0.6) is 5.75 Å². The third-order valence-corrected chi connectivity index (χ3v) is 3.24. The van der Waals surface area contributed by atoms with Crippen LogP contribution in [-0.4, -0.2) is 29.3 Å². The fourth-order valence-electron chi connectivity index (χ4n) is 2.00. The molecule has 0 aliphatic carbocycles. The summed E-state index contributed by atoms with van der Waals surface area (Å²) in [5, 5.41) is 20.7. The molecule has 0 saturated heterocycles. The average Bonchev–Trinajstić information content (AvgIpc) is 2.55. The van der Waals surface area contributed by atoms with Crippen molar-refractivity contribution in [3.05, 3.63) is 69.8 Å². The molecule has 122 valence electrons. The van der Waals surface area contributed by atoms with Gasteiger partial charge in [0, 0.05) is 5.56 Å². The zero-order valence-electron chi connectivity index (χ0n) is 12.8. The maximum Gasteiger partial charge on any atom is 0.276 e. The molecule has 2 rings (SSSR count). The second kappa shape index (κ2) is 8.26. The number of hydrogen-bond acceptors (Lipinski definition) is 5. The third-order valence-electron chi connectivity index (χ3n) is 3.24. The van der Waals surface area contributed by atoms with Crippen LogP contribution in [0.15, 0.2) is 48.5 Å². The molecular formula is C17H19NO5. The van der Waals surface area contributed by atoms with E-state index in [4.69, 9.17) is 9.47 Å². The lowest BCUT2D eigenvalue weighted by molar-refractivity contribution is -0.385. The van der Waals surface area contributed by atoms with E-state index in [-0.39, 0.29) is 18.9 Å². The third kappa shape index (κ3) is 5.36. The van der Waals surface area contributed by atoms with Gasteiger partial charge in [-0.2, -0.15) is 0 Å². The molecule has 0 heterocycles. The van der Waals surface area contributed by atoms with Gasteiger partial charge in [0.1, 0.15) is 18.5 Å². The molecule has 0 fully saturated rings. The molecule has 23 heavy (non-hydrogen) atoms. The number of benzene rings is 2. The second-order valence-corrected chi connectivity index (χ2v) is 5.17. The second-order valence-electron chi connectivity index (χ2n) is 5.17. The van der Waals surface area contributed by atoms with E-state index in [1.165, 1.54) is 6.07 Å². The molecule has 6 nitrogen and oxygen atoms in total. The summed E-state index contributed by atoms with van der Waals surface area (Å²) in [6, 6.07) is 14.2. The number of aryl methyl sites for hydroxylation is 1. The lowest BCUT2D eigenvalue weighted by Gasteiger charge is -2.13. The van der Waals surface area contributed by atoms with Crippen molar-refractivity contribution >= 4 is 5.69 Å². The van der Waals surface area contributed by atoms with Gasteiger partial charge in [0.05, 0.1) is 24.2 Å². The minimum atomic E-state index is -0.806. The highest BCUT2D eigenvalue weighted by Gasteiger charge is 2.13. The maximum absolute atomic E-state index is 10.9. The van der Waals surface area contributed by atoms with Gasteiger partial charge in [-0.05, 0) is 24.6 Å². The Kier molecular flexibility index (Phi) is 6.08. The van der Waals surface area contributed by atoms with E-state index in [0.29, 0.717) is 17.9 Å². The number of hydrogen-bond donors (Lipinski definition) is 1. The van der Waals surface area contributed by atoms with Crippen LogP contribution in [0, 0.1) is 17.0 Å².